The summed E-state index contributed by atoms with van der Waals surface area (Å²) in [5, 5.41) is 0. The smallest absolute Gasteiger partial charge is 0.233 e. The van der Waals surface area contributed by atoms with Gasteiger partial charge in [0.25, 0.3) is 0 Å². The molecule has 0 saturated heterocycles. The molecule has 0 fully saturated rings. The fraction of sp³-hybridized carbons (Fsp3) is 0.278. The molecular formula is C18H19NOS. The van der Waals surface area contributed by atoms with Gasteiger partial charge in [-0.15, -0.1) is 11.8 Å². The van der Waals surface area contributed by atoms with Crippen molar-refractivity contribution >= 4 is 17.7 Å². The van der Waals surface area contributed by atoms with Crippen molar-refractivity contribution in [3.63, 3.8) is 0 Å². The topological polar surface area (TPSA) is 20.3 Å². The number of rotatable bonds is 4. The molecule has 0 heterocycles. The summed E-state index contributed by atoms with van der Waals surface area (Å²) in [5.74, 6) is 0.699. The minimum absolute atomic E-state index is 0.200. The van der Waals surface area contributed by atoms with E-state index in [2.05, 4.69) is 24.3 Å². The Balaban J connectivity index is 1.63. The third-order valence-corrected chi connectivity index (χ3v) is 5.06. The van der Waals surface area contributed by atoms with Crippen molar-refractivity contribution in [3.05, 3.63) is 65.7 Å². The highest BCUT2D eigenvalue weighted by atomic mass is 32.2. The molecule has 0 saturated carbocycles. The monoisotopic (exact) mass is 297 g/mol. The Labute approximate surface area is 130 Å². The summed E-state index contributed by atoms with van der Waals surface area (Å²) in [6, 6.07) is 18.8. The molecule has 108 valence electrons. The van der Waals surface area contributed by atoms with Gasteiger partial charge in [-0.05, 0) is 36.1 Å². The summed E-state index contributed by atoms with van der Waals surface area (Å²) in [6.45, 7) is 0. The Morgan fingerprint density at radius 1 is 1.14 bits per heavy atom. The molecule has 0 radical (unpaired) electrons. The van der Waals surface area contributed by atoms with Crippen molar-refractivity contribution < 1.29 is 4.79 Å². The fourth-order valence-corrected chi connectivity index (χ4v) is 3.72. The van der Waals surface area contributed by atoms with Gasteiger partial charge in [-0.1, -0.05) is 42.5 Å². The molecular weight excluding hydrogens is 278 g/mol. The molecule has 0 aliphatic heterocycles. The number of nitrogens with zero attached hydrogens (tertiary/aromatic N) is 1. The van der Waals surface area contributed by atoms with Crippen LogP contribution in [0.5, 0.6) is 0 Å². The van der Waals surface area contributed by atoms with E-state index in [0.717, 1.165) is 17.7 Å². The molecule has 2 nitrogen and oxygen atoms in total. The zero-order chi connectivity index (χ0) is 14.7. The lowest BCUT2D eigenvalue weighted by Gasteiger charge is -2.25. The van der Waals surface area contributed by atoms with E-state index in [1.807, 2.05) is 42.3 Å². The van der Waals surface area contributed by atoms with Crippen LogP contribution in [0.4, 0.5) is 0 Å². The Morgan fingerprint density at radius 3 is 2.67 bits per heavy atom. The standard InChI is InChI=1S/C18H19NOS/c1-19(17-12-11-14-7-5-6-10-16(14)17)18(20)13-21-15-8-3-2-4-9-15/h2-10,17H,11-13H2,1H3. The number of hydrogen-bond acceptors (Lipinski definition) is 2. The summed E-state index contributed by atoms with van der Waals surface area (Å²) < 4.78 is 0. The average molecular weight is 297 g/mol. The molecule has 1 aliphatic carbocycles. The number of thioether (sulfide) groups is 1. The predicted octanol–water partition coefficient (Wildman–Crippen LogP) is 3.92. The van der Waals surface area contributed by atoms with Crippen LogP contribution >= 0.6 is 11.8 Å². The lowest BCUT2D eigenvalue weighted by atomic mass is 10.1. The first-order valence-electron chi connectivity index (χ1n) is 7.27. The molecule has 1 aliphatic rings. The highest BCUT2D eigenvalue weighted by Crippen LogP contribution is 2.35. The maximum Gasteiger partial charge on any atom is 0.233 e. The number of aryl methyl sites for hydroxylation is 1. The summed E-state index contributed by atoms with van der Waals surface area (Å²) in [7, 11) is 1.93. The first kappa shape index (κ1) is 14.2. The van der Waals surface area contributed by atoms with Crippen molar-refractivity contribution in [2.75, 3.05) is 12.8 Å². The van der Waals surface area contributed by atoms with Crippen LogP contribution in [0, 0.1) is 0 Å². The largest absolute Gasteiger partial charge is 0.338 e. The quantitative estimate of drug-likeness (QED) is 0.797. The minimum atomic E-state index is 0.200. The Bertz CT molecular complexity index is 626. The van der Waals surface area contributed by atoms with Crippen molar-refractivity contribution in [1.82, 2.24) is 4.90 Å². The van der Waals surface area contributed by atoms with Crippen LogP contribution in [0.15, 0.2) is 59.5 Å². The fourth-order valence-electron chi connectivity index (χ4n) is 2.87. The van der Waals surface area contributed by atoms with E-state index in [0.29, 0.717) is 5.75 Å². The number of carbonyl (C=O) groups is 1. The predicted molar refractivity (Wildman–Crippen MR) is 87.4 cm³/mol. The van der Waals surface area contributed by atoms with Crippen LogP contribution < -0.4 is 0 Å². The van der Waals surface area contributed by atoms with Gasteiger partial charge in [-0.2, -0.15) is 0 Å². The van der Waals surface area contributed by atoms with Gasteiger partial charge in [0.15, 0.2) is 0 Å². The van der Waals surface area contributed by atoms with Crippen molar-refractivity contribution in [1.29, 1.82) is 0 Å². The molecule has 3 heteroatoms. The zero-order valence-electron chi connectivity index (χ0n) is 12.2. The molecule has 2 aromatic rings. The number of benzene rings is 2. The molecule has 1 unspecified atom stereocenters. The highest BCUT2D eigenvalue weighted by Gasteiger charge is 2.27. The van der Waals surface area contributed by atoms with E-state index in [9.17, 15) is 4.79 Å². The lowest BCUT2D eigenvalue weighted by molar-refractivity contribution is -0.129. The second kappa shape index (κ2) is 6.35. The Morgan fingerprint density at radius 2 is 1.86 bits per heavy atom. The number of hydrogen-bond donors (Lipinski definition) is 0. The van der Waals surface area contributed by atoms with Gasteiger partial charge in [-0.3, -0.25) is 4.79 Å². The van der Waals surface area contributed by atoms with Crippen molar-refractivity contribution in [3.8, 4) is 0 Å². The van der Waals surface area contributed by atoms with Crippen LogP contribution in [0.3, 0.4) is 0 Å². The maximum atomic E-state index is 12.4. The summed E-state index contributed by atoms with van der Waals surface area (Å²) >= 11 is 1.61. The molecule has 0 spiro atoms. The van der Waals surface area contributed by atoms with Crippen LogP contribution in [0.2, 0.25) is 0 Å². The first-order chi connectivity index (χ1) is 10.3. The van der Waals surface area contributed by atoms with Crippen LogP contribution in [-0.4, -0.2) is 23.6 Å². The molecule has 3 rings (SSSR count). The van der Waals surface area contributed by atoms with Crippen molar-refractivity contribution in [2.45, 2.75) is 23.8 Å². The Kier molecular flexibility index (Phi) is 4.30. The Hall–Kier alpha value is -1.74. The molecule has 1 amide bonds. The van der Waals surface area contributed by atoms with Crippen LogP contribution in [-0.2, 0) is 11.2 Å². The third-order valence-electron chi connectivity index (χ3n) is 4.07. The van der Waals surface area contributed by atoms with Gasteiger partial charge in [0.05, 0.1) is 11.8 Å². The molecule has 1 atom stereocenters. The normalized spacial score (nSPS) is 16.5. The van der Waals surface area contributed by atoms with Crippen LogP contribution in [0.1, 0.15) is 23.6 Å². The number of fused-ring (bicyclic) bond motifs is 1. The summed E-state index contributed by atoms with van der Waals surface area (Å²) in [6.07, 6.45) is 2.11. The summed E-state index contributed by atoms with van der Waals surface area (Å²) in [5.41, 5.74) is 2.70. The summed E-state index contributed by atoms with van der Waals surface area (Å²) in [4.78, 5) is 15.5. The van der Waals surface area contributed by atoms with Gasteiger partial charge in [-0.25, -0.2) is 0 Å². The van der Waals surface area contributed by atoms with Gasteiger partial charge in [0.1, 0.15) is 0 Å². The molecule has 0 aromatic heterocycles. The van der Waals surface area contributed by atoms with E-state index < -0.39 is 0 Å². The number of carbonyl (C=O) groups excluding carboxylic acids is 1. The SMILES string of the molecule is CN(C(=O)CSc1ccccc1)C1CCc2ccccc21. The zero-order valence-corrected chi connectivity index (χ0v) is 13.0. The van der Waals surface area contributed by atoms with E-state index in [1.165, 1.54) is 11.1 Å². The van der Waals surface area contributed by atoms with E-state index in [1.54, 1.807) is 11.8 Å². The average Bonchev–Trinajstić information content (AvgIpc) is 2.97. The lowest BCUT2D eigenvalue weighted by Crippen LogP contribution is -2.31. The van der Waals surface area contributed by atoms with Crippen molar-refractivity contribution in [2.24, 2.45) is 0 Å². The van der Waals surface area contributed by atoms with Gasteiger partial charge in [0.2, 0.25) is 5.91 Å². The number of amides is 1. The maximum absolute atomic E-state index is 12.4. The molecule has 2 aromatic carbocycles. The van der Waals surface area contributed by atoms with E-state index in [4.69, 9.17) is 0 Å². The molecule has 0 N–H and O–H groups in total. The van der Waals surface area contributed by atoms with E-state index in [-0.39, 0.29) is 11.9 Å². The van der Waals surface area contributed by atoms with Crippen LogP contribution in [0.25, 0.3) is 0 Å². The molecule has 0 bridgehead atoms. The highest BCUT2D eigenvalue weighted by molar-refractivity contribution is 8.00. The minimum Gasteiger partial charge on any atom is -0.338 e. The molecule has 21 heavy (non-hydrogen) atoms. The second-order valence-electron chi connectivity index (χ2n) is 5.36. The van der Waals surface area contributed by atoms with Gasteiger partial charge < -0.3 is 4.90 Å². The first-order valence-corrected chi connectivity index (χ1v) is 8.25. The van der Waals surface area contributed by atoms with E-state index >= 15 is 0 Å². The second-order valence-corrected chi connectivity index (χ2v) is 6.41. The van der Waals surface area contributed by atoms with Gasteiger partial charge >= 0.3 is 0 Å². The van der Waals surface area contributed by atoms with Gasteiger partial charge in [0, 0.05) is 11.9 Å². The third kappa shape index (κ3) is 3.13.